The average molecular weight is 353 g/mol. The summed E-state index contributed by atoms with van der Waals surface area (Å²) < 4.78 is 5.75. The highest BCUT2D eigenvalue weighted by Crippen LogP contribution is 2.15. The maximum atomic E-state index is 12.2. The molecule has 26 heavy (non-hydrogen) atoms. The van der Waals surface area contributed by atoms with Gasteiger partial charge in [0.2, 0.25) is 5.88 Å². The van der Waals surface area contributed by atoms with Gasteiger partial charge in [-0.15, -0.1) is 0 Å². The Morgan fingerprint density at radius 1 is 1.15 bits per heavy atom. The van der Waals surface area contributed by atoms with Gasteiger partial charge in [-0.1, -0.05) is 30.7 Å². The smallest absolute Gasteiger partial charge is 0.252 e. The van der Waals surface area contributed by atoms with E-state index in [0.717, 1.165) is 25.1 Å². The van der Waals surface area contributed by atoms with Gasteiger partial charge in [0.15, 0.2) is 0 Å². The number of pyridine rings is 1. The molecule has 3 rings (SSSR count). The molecule has 0 bridgehead atoms. The summed E-state index contributed by atoms with van der Waals surface area (Å²) in [5, 5.41) is 2.97. The van der Waals surface area contributed by atoms with Gasteiger partial charge in [0.25, 0.3) is 5.91 Å². The summed E-state index contributed by atoms with van der Waals surface area (Å²) in [5.74, 6) is 1.25. The Bertz CT molecular complexity index is 671. The molecule has 0 atom stereocenters. The Morgan fingerprint density at radius 3 is 2.85 bits per heavy atom. The lowest BCUT2D eigenvalue weighted by Crippen LogP contribution is -2.33. The molecule has 1 aliphatic heterocycles. The van der Waals surface area contributed by atoms with E-state index in [1.807, 2.05) is 30.4 Å². The number of piperidine rings is 1. The van der Waals surface area contributed by atoms with Crippen molar-refractivity contribution < 1.29 is 9.53 Å². The van der Waals surface area contributed by atoms with E-state index in [0.29, 0.717) is 18.0 Å². The van der Waals surface area contributed by atoms with Crippen molar-refractivity contribution in [2.75, 3.05) is 26.2 Å². The third kappa shape index (κ3) is 5.85. The zero-order chi connectivity index (χ0) is 18.0. The maximum Gasteiger partial charge on any atom is 0.252 e. The number of ether oxygens (including phenoxy) is 1. The van der Waals surface area contributed by atoms with Crippen molar-refractivity contribution in [1.82, 2.24) is 15.2 Å². The van der Waals surface area contributed by atoms with Gasteiger partial charge in [-0.2, -0.15) is 0 Å². The van der Waals surface area contributed by atoms with E-state index in [1.165, 1.54) is 32.4 Å². The zero-order valence-corrected chi connectivity index (χ0v) is 15.2. The highest BCUT2D eigenvalue weighted by molar-refractivity contribution is 5.93. The number of aromatic nitrogens is 1. The first-order valence-corrected chi connectivity index (χ1v) is 9.48. The van der Waals surface area contributed by atoms with Crippen molar-refractivity contribution in [2.24, 2.45) is 0 Å². The van der Waals surface area contributed by atoms with E-state index in [9.17, 15) is 4.79 Å². The van der Waals surface area contributed by atoms with Gasteiger partial charge < -0.3 is 15.0 Å². The minimum absolute atomic E-state index is 0.0813. The molecule has 0 saturated carbocycles. The summed E-state index contributed by atoms with van der Waals surface area (Å²) in [5.41, 5.74) is 0.560. The van der Waals surface area contributed by atoms with Crippen LogP contribution in [-0.2, 0) is 0 Å². The molecule has 1 N–H and O–H groups in total. The molecule has 2 aliphatic rings. The molecule has 138 valence electrons. The highest BCUT2D eigenvalue weighted by atomic mass is 16.5. The molecule has 1 amide bonds. The molecule has 1 saturated heterocycles. The SMILES string of the molecule is O=C(NCCCN1CCCCC1)c1ccc(OC2=CC=CC=CC2)nc1. The van der Waals surface area contributed by atoms with E-state index in [4.69, 9.17) is 4.74 Å². The predicted octanol–water partition coefficient (Wildman–Crippen LogP) is 3.47. The summed E-state index contributed by atoms with van der Waals surface area (Å²) in [6.07, 6.45) is 17.1. The quantitative estimate of drug-likeness (QED) is 0.763. The van der Waals surface area contributed by atoms with Gasteiger partial charge in [-0.3, -0.25) is 4.79 Å². The van der Waals surface area contributed by atoms with E-state index in [1.54, 1.807) is 18.3 Å². The van der Waals surface area contributed by atoms with Gasteiger partial charge in [0.1, 0.15) is 5.76 Å². The third-order valence-corrected chi connectivity index (χ3v) is 4.58. The molecule has 1 aromatic rings. The molecule has 1 aliphatic carbocycles. The van der Waals surface area contributed by atoms with Crippen molar-refractivity contribution in [3.05, 3.63) is 60.0 Å². The van der Waals surface area contributed by atoms with Crippen LogP contribution in [0.15, 0.2) is 54.5 Å². The summed E-state index contributed by atoms with van der Waals surface area (Å²) in [6, 6.07) is 3.49. The van der Waals surface area contributed by atoms with Crippen LogP contribution in [0.3, 0.4) is 0 Å². The number of carbonyl (C=O) groups excluding carboxylic acids is 1. The first-order valence-electron chi connectivity index (χ1n) is 9.48. The van der Waals surface area contributed by atoms with Crippen molar-refractivity contribution >= 4 is 5.91 Å². The fourth-order valence-corrected chi connectivity index (χ4v) is 3.13. The molecule has 1 fully saturated rings. The lowest BCUT2D eigenvalue weighted by molar-refractivity contribution is 0.0950. The van der Waals surface area contributed by atoms with Crippen molar-refractivity contribution in [1.29, 1.82) is 0 Å². The highest BCUT2D eigenvalue weighted by Gasteiger charge is 2.10. The molecule has 0 spiro atoms. The number of nitrogens with one attached hydrogen (secondary N) is 1. The molecule has 0 unspecified atom stereocenters. The Hall–Kier alpha value is -2.40. The summed E-state index contributed by atoms with van der Waals surface area (Å²) in [6.45, 7) is 4.14. The van der Waals surface area contributed by atoms with Gasteiger partial charge in [0.05, 0.1) is 5.56 Å². The Labute approximate surface area is 155 Å². The van der Waals surface area contributed by atoms with Gasteiger partial charge in [0, 0.05) is 25.2 Å². The zero-order valence-electron chi connectivity index (χ0n) is 15.2. The number of allylic oxidation sites excluding steroid dienone is 5. The van der Waals surface area contributed by atoms with Crippen LogP contribution in [-0.4, -0.2) is 42.0 Å². The van der Waals surface area contributed by atoms with E-state index in [2.05, 4.69) is 15.2 Å². The Balaban J connectivity index is 1.41. The molecule has 5 heteroatoms. The van der Waals surface area contributed by atoms with Crippen LogP contribution in [0.25, 0.3) is 0 Å². The summed E-state index contributed by atoms with van der Waals surface area (Å²) >= 11 is 0. The normalized spacial score (nSPS) is 17.5. The number of rotatable bonds is 7. The number of nitrogens with zero attached hydrogens (tertiary/aromatic N) is 2. The van der Waals surface area contributed by atoms with Crippen molar-refractivity contribution in [3.63, 3.8) is 0 Å². The number of amides is 1. The van der Waals surface area contributed by atoms with Crippen LogP contribution >= 0.6 is 0 Å². The van der Waals surface area contributed by atoms with Crippen molar-refractivity contribution in [3.8, 4) is 5.88 Å². The molecule has 2 heterocycles. The minimum atomic E-state index is -0.0813. The monoisotopic (exact) mass is 353 g/mol. The second kappa shape index (κ2) is 9.92. The molecule has 0 aromatic carbocycles. The number of hydrogen-bond acceptors (Lipinski definition) is 4. The molecule has 1 aromatic heterocycles. The first kappa shape index (κ1) is 18.4. The van der Waals surface area contributed by atoms with Crippen LogP contribution in [0.2, 0.25) is 0 Å². The summed E-state index contributed by atoms with van der Waals surface area (Å²) in [7, 11) is 0. The van der Waals surface area contributed by atoms with E-state index in [-0.39, 0.29) is 5.91 Å². The molecule has 5 nitrogen and oxygen atoms in total. The largest absolute Gasteiger partial charge is 0.443 e. The number of likely N-dealkylation sites (tertiary alicyclic amines) is 1. The van der Waals surface area contributed by atoms with Crippen molar-refractivity contribution in [2.45, 2.75) is 32.1 Å². The fourth-order valence-electron chi connectivity index (χ4n) is 3.13. The Kier molecular flexibility index (Phi) is 7.02. The molecular formula is C21H27N3O2. The van der Waals surface area contributed by atoms with Crippen LogP contribution in [0.4, 0.5) is 0 Å². The lowest BCUT2D eigenvalue weighted by atomic mass is 10.1. The Morgan fingerprint density at radius 2 is 2.04 bits per heavy atom. The minimum Gasteiger partial charge on any atom is -0.443 e. The second-order valence-electron chi connectivity index (χ2n) is 6.65. The third-order valence-electron chi connectivity index (χ3n) is 4.58. The average Bonchev–Trinajstić information content (AvgIpc) is 2.95. The standard InChI is InChI=1S/C21H27N3O2/c25-21(22-13-8-16-24-14-6-3-7-15-24)18-11-12-20(23-17-18)26-19-9-4-1-2-5-10-19/h1-2,4-5,9,11-12,17H,3,6-8,10,13-16H2,(H,22,25). The second-order valence-corrected chi connectivity index (χ2v) is 6.65. The predicted molar refractivity (Wildman–Crippen MR) is 103 cm³/mol. The van der Waals surface area contributed by atoms with Gasteiger partial charge >= 0.3 is 0 Å². The van der Waals surface area contributed by atoms with Gasteiger partial charge in [-0.05, 0) is 51.0 Å². The van der Waals surface area contributed by atoms with Crippen LogP contribution < -0.4 is 10.1 Å². The van der Waals surface area contributed by atoms with Gasteiger partial charge in [-0.25, -0.2) is 4.98 Å². The summed E-state index contributed by atoms with van der Waals surface area (Å²) in [4.78, 5) is 18.9. The number of carbonyl (C=O) groups is 1. The molecular weight excluding hydrogens is 326 g/mol. The maximum absolute atomic E-state index is 12.2. The lowest BCUT2D eigenvalue weighted by Gasteiger charge is -2.26. The van der Waals surface area contributed by atoms with Crippen LogP contribution in [0.1, 0.15) is 42.5 Å². The fraction of sp³-hybridized carbons (Fsp3) is 0.429. The van der Waals surface area contributed by atoms with Crippen LogP contribution in [0, 0.1) is 0 Å². The topological polar surface area (TPSA) is 54.5 Å². The first-order chi connectivity index (χ1) is 12.8. The molecule has 0 radical (unpaired) electrons. The van der Waals surface area contributed by atoms with Crippen LogP contribution in [0.5, 0.6) is 5.88 Å². The van der Waals surface area contributed by atoms with E-state index >= 15 is 0 Å². The van der Waals surface area contributed by atoms with E-state index < -0.39 is 0 Å². The number of hydrogen-bond donors (Lipinski definition) is 1.